The van der Waals surface area contributed by atoms with E-state index in [1.165, 1.54) is 0 Å². The van der Waals surface area contributed by atoms with Gasteiger partial charge in [0.15, 0.2) is 0 Å². The number of hydrogen-bond donors (Lipinski definition) is 2. The summed E-state index contributed by atoms with van der Waals surface area (Å²) in [5.41, 5.74) is 0. The van der Waals surface area contributed by atoms with E-state index in [9.17, 15) is 4.79 Å². The Kier molecular flexibility index (Phi) is 2.44. The predicted octanol–water partition coefficient (Wildman–Crippen LogP) is 0.544. The summed E-state index contributed by atoms with van der Waals surface area (Å²) in [4.78, 5) is 10.4. The van der Waals surface area contributed by atoms with Gasteiger partial charge in [0.1, 0.15) is 6.04 Å². The number of carbonyl (C=O) groups is 1. The number of carboxylic acid groups (broad SMARTS) is 1. The zero-order valence-corrected chi connectivity index (χ0v) is 6.32. The molecule has 0 spiro atoms. The Bertz CT molecular complexity index is 196. The lowest BCUT2D eigenvalue weighted by Gasteiger charge is -2.11. The van der Waals surface area contributed by atoms with Gasteiger partial charge >= 0.3 is 5.97 Å². The van der Waals surface area contributed by atoms with Gasteiger partial charge in [-0.05, 0) is 6.92 Å². The van der Waals surface area contributed by atoms with E-state index < -0.39 is 12.0 Å². The Morgan fingerprint density at radius 2 is 2.09 bits per heavy atom. The van der Waals surface area contributed by atoms with Crippen molar-refractivity contribution in [1.29, 1.82) is 0 Å². The molecule has 0 aliphatic heterocycles. The second-order valence-electron chi connectivity index (χ2n) is 2.52. The van der Waals surface area contributed by atoms with Crippen LogP contribution in [0.25, 0.3) is 0 Å². The van der Waals surface area contributed by atoms with Gasteiger partial charge in [0, 0.05) is 6.04 Å². The van der Waals surface area contributed by atoms with Gasteiger partial charge in [0.2, 0.25) is 0 Å². The number of carboxylic acids is 1. The molecule has 11 heavy (non-hydrogen) atoms. The summed E-state index contributed by atoms with van der Waals surface area (Å²) in [6.45, 7) is 1.63. The number of rotatable bonds is 3. The van der Waals surface area contributed by atoms with Crippen LogP contribution < -0.4 is 5.32 Å². The Morgan fingerprint density at radius 3 is 2.55 bits per heavy atom. The summed E-state index contributed by atoms with van der Waals surface area (Å²) in [5.74, 6) is -0.821. The summed E-state index contributed by atoms with van der Waals surface area (Å²) >= 11 is 0. The molecular formula is C8H11NO2. The number of allylic oxidation sites excluding steroid dienone is 2. The number of nitrogens with one attached hydrogen (secondary N) is 1. The lowest BCUT2D eigenvalue weighted by molar-refractivity contribution is -0.139. The van der Waals surface area contributed by atoms with Crippen molar-refractivity contribution >= 4 is 5.97 Å². The van der Waals surface area contributed by atoms with Gasteiger partial charge in [-0.3, -0.25) is 10.1 Å². The monoisotopic (exact) mass is 153 g/mol. The summed E-state index contributed by atoms with van der Waals surface area (Å²) in [6, 6.07) is -0.409. The maximum Gasteiger partial charge on any atom is 0.320 e. The van der Waals surface area contributed by atoms with Crippen LogP contribution in [-0.2, 0) is 4.79 Å². The average Bonchev–Trinajstić information content (AvgIpc) is 2.39. The smallest absolute Gasteiger partial charge is 0.320 e. The van der Waals surface area contributed by atoms with Crippen molar-refractivity contribution in [2.75, 3.05) is 0 Å². The zero-order chi connectivity index (χ0) is 8.27. The zero-order valence-electron chi connectivity index (χ0n) is 6.32. The van der Waals surface area contributed by atoms with Gasteiger partial charge < -0.3 is 5.11 Å². The quantitative estimate of drug-likeness (QED) is 0.622. The molecule has 0 aromatic carbocycles. The van der Waals surface area contributed by atoms with Crippen LogP contribution in [0.5, 0.6) is 0 Å². The van der Waals surface area contributed by atoms with E-state index in [0.717, 1.165) is 0 Å². The Hall–Kier alpha value is -1.09. The molecule has 0 saturated carbocycles. The summed E-state index contributed by atoms with van der Waals surface area (Å²) < 4.78 is 0. The highest BCUT2D eigenvalue weighted by molar-refractivity contribution is 5.73. The van der Waals surface area contributed by atoms with E-state index >= 15 is 0 Å². The highest BCUT2D eigenvalue weighted by Gasteiger charge is 2.13. The van der Waals surface area contributed by atoms with Crippen molar-refractivity contribution in [3.8, 4) is 0 Å². The van der Waals surface area contributed by atoms with Gasteiger partial charge in [-0.25, -0.2) is 0 Å². The molecular weight excluding hydrogens is 142 g/mol. The molecule has 1 aliphatic carbocycles. The van der Waals surface area contributed by atoms with Crippen LogP contribution in [0, 0.1) is 0 Å². The van der Waals surface area contributed by atoms with Crippen LogP contribution >= 0.6 is 0 Å². The van der Waals surface area contributed by atoms with Crippen LogP contribution in [0.15, 0.2) is 24.3 Å². The first-order chi connectivity index (χ1) is 5.20. The molecule has 0 saturated heterocycles. The fourth-order valence-corrected chi connectivity index (χ4v) is 0.903. The fourth-order valence-electron chi connectivity index (χ4n) is 0.903. The molecule has 0 heterocycles. The lowest BCUT2D eigenvalue weighted by atomic mass is 10.2. The SMILES string of the molecule is CC(NC1C=CC=C1)C(=O)O. The van der Waals surface area contributed by atoms with Crippen molar-refractivity contribution < 1.29 is 9.90 Å². The highest BCUT2D eigenvalue weighted by atomic mass is 16.4. The molecule has 0 aromatic rings. The van der Waals surface area contributed by atoms with Crippen molar-refractivity contribution in [3.63, 3.8) is 0 Å². The van der Waals surface area contributed by atoms with Gasteiger partial charge in [0.05, 0.1) is 0 Å². The van der Waals surface area contributed by atoms with Gasteiger partial charge in [-0.15, -0.1) is 0 Å². The van der Waals surface area contributed by atoms with Crippen LogP contribution in [0.3, 0.4) is 0 Å². The first kappa shape index (κ1) is 8.01. The van der Waals surface area contributed by atoms with Gasteiger partial charge in [-0.1, -0.05) is 24.3 Å². The van der Waals surface area contributed by atoms with Crippen molar-refractivity contribution in [2.45, 2.75) is 19.0 Å². The fraction of sp³-hybridized carbons (Fsp3) is 0.375. The molecule has 60 valence electrons. The predicted molar refractivity (Wildman–Crippen MR) is 42.3 cm³/mol. The summed E-state index contributed by atoms with van der Waals surface area (Å²) in [5, 5.41) is 11.4. The van der Waals surface area contributed by atoms with Crippen LogP contribution in [-0.4, -0.2) is 23.2 Å². The van der Waals surface area contributed by atoms with Crippen LogP contribution in [0.4, 0.5) is 0 Å². The van der Waals surface area contributed by atoms with E-state index in [1.54, 1.807) is 6.92 Å². The molecule has 2 N–H and O–H groups in total. The Balaban J connectivity index is 2.36. The standard InChI is InChI=1S/C8H11NO2/c1-6(8(10)11)9-7-4-2-3-5-7/h2-7,9H,1H3,(H,10,11). The molecule has 3 nitrogen and oxygen atoms in total. The number of aliphatic carboxylic acids is 1. The maximum absolute atomic E-state index is 10.4. The van der Waals surface area contributed by atoms with E-state index in [1.807, 2.05) is 24.3 Å². The molecule has 1 rings (SSSR count). The normalized spacial score (nSPS) is 19.0. The highest BCUT2D eigenvalue weighted by Crippen LogP contribution is 2.00. The Morgan fingerprint density at radius 1 is 1.55 bits per heavy atom. The minimum absolute atomic E-state index is 0.0844. The average molecular weight is 153 g/mol. The van der Waals surface area contributed by atoms with E-state index in [4.69, 9.17) is 5.11 Å². The third-order valence-electron chi connectivity index (χ3n) is 1.56. The van der Waals surface area contributed by atoms with Crippen molar-refractivity contribution in [1.82, 2.24) is 5.32 Å². The van der Waals surface area contributed by atoms with E-state index in [-0.39, 0.29) is 6.04 Å². The molecule has 0 fully saturated rings. The third-order valence-corrected chi connectivity index (χ3v) is 1.56. The molecule has 0 bridgehead atoms. The molecule has 1 unspecified atom stereocenters. The largest absolute Gasteiger partial charge is 0.480 e. The lowest BCUT2D eigenvalue weighted by Crippen LogP contribution is -2.38. The first-order valence-electron chi connectivity index (χ1n) is 3.54. The van der Waals surface area contributed by atoms with E-state index in [2.05, 4.69) is 5.32 Å². The summed E-state index contributed by atoms with van der Waals surface area (Å²) in [6.07, 6.45) is 7.62. The maximum atomic E-state index is 10.4. The molecule has 3 heteroatoms. The van der Waals surface area contributed by atoms with Gasteiger partial charge in [-0.2, -0.15) is 0 Å². The Labute approximate surface area is 65.4 Å². The second kappa shape index (κ2) is 3.34. The third kappa shape index (κ3) is 2.20. The van der Waals surface area contributed by atoms with Crippen LogP contribution in [0.1, 0.15) is 6.92 Å². The van der Waals surface area contributed by atoms with Crippen molar-refractivity contribution in [3.05, 3.63) is 24.3 Å². The summed E-state index contributed by atoms with van der Waals surface area (Å²) in [7, 11) is 0. The first-order valence-corrected chi connectivity index (χ1v) is 3.54. The topological polar surface area (TPSA) is 49.3 Å². The minimum atomic E-state index is -0.821. The molecule has 0 amide bonds. The molecule has 0 aromatic heterocycles. The van der Waals surface area contributed by atoms with Crippen molar-refractivity contribution in [2.24, 2.45) is 0 Å². The van der Waals surface area contributed by atoms with Crippen LogP contribution in [0.2, 0.25) is 0 Å². The molecule has 0 radical (unpaired) electrons. The van der Waals surface area contributed by atoms with Gasteiger partial charge in [0.25, 0.3) is 0 Å². The molecule has 1 atom stereocenters. The minimum Gasteiger partial charge on any atom is -0.480 e. The number of hydrogen-bond acceptors (Lipinski definition) is 2. The second-order valence-corrected chi connectivity index (χ2v) is 2.52. The molecule has 1 aliphatic rings. The van der Waals surface area contributed by atoms with E-state index in [0.29, 0.717) is 0 Å².